The smallest absolute Gasteiger partial charge is 0.145 e. The van der Waals surface area contributed by atoms with Gasteiger partial charge >= 0.3 is 0 Å². The van der Waals surface area contributed by atoms with Gasteiger partial charge in [-0.25, -0.2) is 0 Å². The van der Waals surface area contributed by atoms with Crippen molar-refractivity contribution >= 4 is 5.78 Å². The lowest BCUT2D eigenvalue weighted by Crippen LogP contribution is -2.60. The topological polar surface area (TPSA) is 17.1 Å². The van der Waals surface area contributed by atoms with E-state index in [1.165, 1.54) is 109 Å². The molecule has 0 amide bonds. The van der Waals surface area contributed by atoms with Crippen LogP contribution in [0.2, 0.25) is 0 Å². The fraction of sp³-hybridized carbons (Fsp3) is 0.964. The van der Waals surface area contributed by atoms with Gasteiger partial charge in [0.15, 0.2) is 0 Å². The summed E-state index contributed by atoms with van der Waals surface area (Å²) in [5.74, 6) is 6.53. The van der Waals surface area contributed by atoms with Gasteiger partial charge in [-0.15, -0.1) is 0 Å². The molecule has 2 spiro atoms. The summed E-state index contributed by atoms with van der Waals surface area (Å²) >= 11 is 0. The summed E-state index contributed by atoms with van der Waals surface area (Å²) in [5.41, 5.74) is 0.289. The second-order valence-corrected chi connectivity index (χ2v) is 12.8. The minimum absolute atomic E-state index is 0.144. The summed E-state index contributed by atoms with van der Waals surface area (Å²) < 4.78 is 0. The Morgan fingerprint density at radius 2 is 0.828 bits per heavy atom. The van der Waals surface area contributed by atoms with Crippen molar-refractivity contribution in [3.8, 4) is 0 Å². The zero-order valence-electron chi connectivity index (χ0n) is 19.4. The van der Waals surface area contributed by atoms with E-state index in [9.17, 15) is 4.79 Å². The normalized spacial score (nSPS) is 51.2. The van der Waals surface area contributed by atoms with Gasteiger partial charge < -0.3 is 0 Å². The van der Waals surface area contributed by atoms with Crippen LogP contribution in [0.5, 0.6) is 0 Å². The maximum absolute atomic E-state index is 13.6. The van der Waals surface area contributed by atoms with Gasteiger partial charge in [0.05, 0.1) is 0 Å². The standard InChI is InChI=1S/C28H46O/c1-20-3-7-22(8-4-20)24-11-15-27(16-12-24)19-28(26(27)29)17-13-25(14-18-28)23-9-5-21(2)6-10-23/h20-25H,3-19H2,1-2H3/t20?,21?,22?,23?,24-,25?,27-,28-. The van der Waals surface area contributed by atoms with E-state index in [-0.39, 0.29) is 10.8 Å². The Balaban J connectivity index is 1.11. The second-order valence-electron chi connectivity index (χ2n) is 12.8. The fourth-order valence-electron chi connectivity index (χ4n) is 8.91. The van der Waals surface area contributed by atoms with E-state index in [2.05, 4.69) is 13.8 Å². The van der Waals surface area contributed by atoms with Crippen LogP contribution in [0, 0.1) is 46.3 Å². The summed E-state index contributed by atoms with van der Waals surface area (Å²) in [7, 11) is 0. The summed E-state index contributed by atoms with van der Waals surface area (Å²) in [4.78, 5) is 13.6. The molecule has 0 saturated heterocycles. The van der Waals surface area contributed by atoms with Crippen LogP contribution in [0.15, 0.2) is 0 Å². The van der Waals surface area contributed by atoms with Gasteiger partial charge in [-0.1, -0.05) is 39.5 Å². The molecule has 0 aliphatic heterocycles. The lowest BCUT2D eigenvalue weighted by Gasteiger charge is -2.60. The Kier molecular flexibility index (Phi) is 5.66. The zero-order valence-corrected chi connectivity index (χ0v) is 19.4. The van der Waals surface area contributed by atoms with Gasteiger partial charge in [0.2, 0.25) is 0 Å². The second kappa shape index (κ2) is 7.98. The highest BCUT2D eigenvalue weighted by molar-refractivity contribution is 5.96. The first-order chi connectivity index (χ1) is 14.0. The third-order valence-electron chi connectivity index (χ3n) is 11.1. The molecule has 0 heterocycles. The molecule has 0 aromatic heterocycles. The predicted molar refractivity (Wildman–Crippen MR) is 121 cm³/mol. The van der Waals surface area contributed by atoms with E-state index < -0.39 is 0 Å². The molecule has 5 fully saturated rings. The quantitative estimate of drug-likeness (QED) is 0.461. The van der Waals surface area contributed by atoms with Gasteiger partial charge in [-0.05, 0) is 119 Å². The highest BCUT2D eigenvalue weighted by Crippen LogP contribution is 2.65. The van der Waals surface area contributed by atoms with Crippen LogP contribution in [0.3, 0.4) is 0 Å². The molecule has 164 valence electrons. The Morgan fingerprint density at radius 1 is 0.517 bits per heavy atom. The molecular weight excluding hydrogens is 352 g/mol. The molecule has 0 bridgehead atoms. The molecule has 5 saturated carbocycles. The lowest BCUT2D eigenvalue weighted by molar-refractivity contribution is -0.170. The Hall–Kier alpha value is -0.330. The Labute approximate surface area is 180 Å². The predicted octanol–water partition coefficient (Wildman–Crippen LogP) is 7.97. The van der Waals surface area contributed by atoms with Crippen LogP contribution in [-0.4, -0.2) is 5.78 Å². The highest BCUT2D eigenvalue weighted by atomic mass is 16.1. The first-order valence-electron chi connectivity index (χ1n) is 13.5. The molecule has 1 nitrogen and oxygen atoms in total. The molecule has 0 atom stereocenters. The van der Waals surface area contributed by atoms with Crippen molar-refractivity contribution in [1.82, 2.24) is 0 Å². The summed E-state index contributed by atoms with van der Waals surface area (Å²) in [6, 6.07) is 0. The van der Waals surface area contributed by atoms with E-state index >= 15 is 0 Å². The van der Waals surface area contributed by atoms with Crippen molar-refractivity contribution in [2.45, 2.75) is 123 Å². The van der Waals surface area contributed by atoms with Crippen LogP contribution in [0.4, 0.5) is 0 Å². The van der Waals surface area contributed by atoms with Crippen molar-refractivity contribution < 1.29 is 4.79 Å². The van der Waals surface area contributed by atoms with Gasteiger partial charge in [-0.3, -0.25) is 4.79 Å². The molecule has 0 radical (unpaired) electrons. The number of hydrogen-bond acceptors (Lipinski definition) is 1. The third kappa shape index (κ3) is 3.76. The van der Waals surface area contributed by atoms with Crippen LogP contribution < -0.4 is 0 Å². The van der Waals surface area contributed by atoms with E-state index in [0.29, 0.717) is 0 Å². The molecule has 0 unspecified atom stereocenters. The van der Waals surface area contributed by atoms with E-state index in [1.54, 1.807) is 0 Å². The fourth-order valence-corrected chi connectivity index (χ4v) is 8.91. The summed E-state index contributed by atoms with van der Waals surface area (Å²) in [5, 5.41) is 0. The van der Waals surface area contributed by atoms with E-state index in [1.807, 2.05) is 0 Å². The van der Waals surface area contributed by atoms with Crippen molar-refractivity contribution in [1.29, 1.82) is 0 Å². The number of hydrogen-bond donors (Lipinski definition) is 0. The molecule has 5 rings (SSSR count). The molecule has 29 heavy (non-hydrogen) atoms. The first-order valence-corrected chi connectivity index (χ1v) is 13.5. The number of rotatable bonds is 2. The molecule has 0 N–H and O–H groups in total. The third-order valence-corrected chi connectivity index (χ3v) is 11.1. The van der Waals surface area contributed by atoms with Crippen molar-refractivity contribution in [3.05, 3.63) is 0 Å². The van der Waals surface area contributed by atoms with E-state index in [0.717, 1.165) is 41.3 Å². The summed E-state index contributed by atoms with van der Waals surface area (Å²) in [6.45, 7) is 4.87. The van der Waals surface area contributed by atoms with E-state index in [4.69, 9.17) is 0 Å². The monoisotopic (exact) mass is 398 g/mol. The van der Waals surface area contributed by atoms with Crippen LogP contribution in [0.1, 0.15) is 123 Å². The minimum Gasteiger partial charge on any atom is -0.298 e. The largest absolute Gasteiger partial charge is 0.298 e. The van der Waals surface area contributed by atoms with Gasteiger partial charge in [0.25, 0.3) is 0 Å². The number of ketones is 1. The Bertz CT molecular complexity index is 523. The molecular formula is C28H46O. The van der Waals surface area contributed by atoms with Crippen LogP contribution in [0.25, 0.3) is 0 Å². The van der Waals surface area contributed by atoms with Gasteiger partial charge in [0, 0.05) is 10.8 Å². The lowest BCUT2D eigenvalue weighted by atomic mass is 9.42. The zero-order chi connectivity index (χ0) is 20.1. The Morgan fingerprint density at radius 3 is 1.14 bits per heavy atom. The van der Waals surface area contributed by atoms with Crippen molar-refractivity contribution in [2.24, 2.45) is 46.3 Å². The average molecular weight is 399 g/mol. The number of carbonyl (C=O) groups excluding carboxylic acids is 1. The first kappa shape index (κ1) is 20.6. The molecule has 0 aromatic carbocycles. The molecule has 5 aliphatic carbocycles. The van der Waals surface area contributed by atoms with Gasteiger partial charge in [0.1, 0.15) is 5.78 Å². The maximum Gasteiger partial charge on any atom is 0.145 e. The minimum atomic E-state index is 0.144. The SMILES string of the molecule is CC1CCC(C2CC[C@]3(CC2)C[C@@]2(CC[C@H](C4CCC(C)CC4)CC2)C3=O)CC1. The van der Waals surface area contributed by atoms with Crippen molar-refractivity contribution in [2.75, 3.05) is 0 Å². The molecule has 5 aliphatic rings. The molecule has 0 aromatic rings. The van der Waals surface area contributed by atoms with Crippen LogP contribution in [-0.2, 0) is 4.79 Å². The molecule has 1 heteroatoms. The van der Waals surface area contributed by atoms with Crippen LogP contribution >= 0.6 is 0 Å². The van der Waals surface area contributed by atoms with Crippen molar-refractivity contribution in [3.63, 3.8) is 0 Å². The average Bonchev–Trinajstić information content (AvgIpc) is 2.76. The maximum atomic E-state index is 13.6. The number of carbonyl (C=O) groups is 1. The summed E-state index contributed by atoms with van der Waals surface area (Å²) in [6.07, 6.45) is 23.4. The van der Waals surface area contributed by atoms with Gasteiger partial charge in [-0.2, -0.15) is 0 Å². The highest BCUT2D eigenvalue weighted by Gasteiger charge is 2.63. The number of Topliss-reactive ketones (excluding diaryl/α,β-unsaturated/α-hetero) is 1.